The molecule has 0 fully saturated rings. The van der Waals surface area contributed by atoms with Crippen LogP contribution in [0.3, 0.4) is 0 Å². The lowest BCUT2D eigenvalue weighted by Crippen LogP contribution is -2.11. The summed E-state index contributed by atoms with van der Waals surface area (Å²) >= 11 is 0. The van der Waals surface area contributed by atoms with Gasteiger partial charge in [-0.1, -0.05) is 13.8 Å². The van der Waals surface area contributed by atoms with Gasteiger partial charge < -0.3 is 10.6 Å². The number of benzene rings is 1. The van der Waals surface area contributed by atoms with Crippen molar-refractivity contribution >= 4 is 17.2 Å². The maximum atomic E-state index is 4.29. The number of nitrogens with zero attached hydrogens (tertiary/aromatic N) is 2. The lowest BCUT2D eigenvalue weighted by atomic mass is 10.0. The SMILES string of the molecule is CC(C)c1cc(Nc2ccc3c(c2)CCCN3)ncn1. The Morgan fingerprint density at radius 1 is 1.20 bits per heavy atom. The molecule has 0 atom stereocenters. The Morgan fingerprint density at radius 3 is 2.95 bits per heavy atom. The van der Waals surface area contributed by atoms with Gasteiger partial charge in [0.2, 0.25) is 0 Å². The molecule has 0 amide bonds. The minimum Gasteiger partial charge on any atom is -0.385 e. The van der Waals surface area contributed by atoms with Crippen molar-refractivity contribution in [3.05, 3.63) is 41.9 Å². The number of rotatable bonds is 3. The maximum absolute atomic E-state index is 4.29. The Hall–Kier alpha value is -2.10. The van der Waals surface area contributed by atoms with Crippen LogP contribution in [0.15, 0.2) is 30.6 Å². The highest BCUT2D eigenvalue weighted by molar-refractivity contribution is 5.64. The fraction of sp³-hybridized carbons (Fsp3) is 0.375. The van der Waals surface area contributed by atoms with Gasteiger partial charge in [-0.25, -0.2) is 9.97 Å². The fourth-order valence-electron chi connectivity index (χ4n) is 2.46. The van der Waals surface area contributed by atoms with Crippen molar-refractivity contribution in [3.63, 3.8) is 0 Å². The Labute approximate surface area is 119 Å². The summed E-state index contributed by atoms with van der Waals surface area (Å²) in [4.78, 5) is 8.58. The van der Waals surface area contributed by atoms with E-state index in [0.29, 0.717) is 5.92 Å². The molecule has 2 heterocycles. The number of hydrogen-bond acceptors (Lipinski definition) is 4. The molecule has 1 aliphatic rings. The highest BCUT2D eigenvalue weighted by atomic mass is 15.0. The number of fused-ring (bicyclic) bond motifs is 1. The van der Waals surface area contributed by atoms with Crippen molar-refractivity contribution in [2.45, 2.75) is 32.6 Å². The molecule has 0 aliphatic carbocycles. The van der Waals surface area contributed by atoms with E-state index >= 15 is 0 Å². The minimum absolute atomic E-state index is 0.409. The van der Waals surface area contributed by atoms with E-state index in [1.54, 1.807) is 6.33 Å². The number of anilines is 3. The lowest BCUT2D eigenvalue weighted by Gasteiger charge is -2.19. The van der Waals surface area contributed by atoms with E-state index in [1.165, 1.54) is 17.7 Å². The van der Waals surface area contributed by atoms with E-state index < -0.39 is 0 Å². The molecule has 0 saturated heterocycles. The molecule has 3 rings (SSSR count). The zero-order valence-corrected chi connectivity index (χ0v) is 12.0. The molecule has 1 aromatic carbocycles. The summed E-state index contributed by atoms with van der Waals surface area (Å²) in [5.41, 5.74) is 4.77. The predicted octanol–water partition coefficient (Wildman–Crippen LogP) is 3.70. The van der Waals surface area contributed by atoms with Crippen molar-refractivity contribution in [3.8, 4) is 0 Å². The summed E-state index contributed by atoms with van der Waals surface area (Å²) in [7, 11) is 0. The zero-order valence-electron chi connectivity index (χ0n) is 12.0. The van der Waals surface area contributed by atoms with Crippen LogP contribution in [-0.2, 0) is 6.42 Å². The van der Waals surface area contributed by atoms with Gasteiger partial charge in [-0.3, -0.25) is 0 Å². The maximum Gasteiger partial charge on any atom is 0.133 e. The zero-order chi connectivity index (χ0) is 13.9. The third-order valence-corrected chi connectivity index (χ3v) is 3.60. The third-order valence-electron chi connectivity index (χ3n) is 3.60. The predicted molar refractivity (Wildman–Crippen MR) is 82.7 cm³/mol. The van der Waals surface area contributed by atoms with Crippen molar-refractivity contribution in [1.82, 2.24) is 9.97 Å². The first-order valence-corrected chi connectivity index (χ1v) is 7.18. The number of aromatic nitrogens is 2. The van der Waals surface area contributed by atoms with E-state index in [9.17, 15) is 0 Å². The van der Waals surface area contributed by atoms with Crippen LogP contribution in [0.1, 0.15) is 37.4 Å². The molecule has 2 N–H and O–H groups in total. The van der Waals surface area contributed by atoms with Gasteiger partial charge in [0.05, 0.1) is 0 Å². The van der Waals surface area contributed by atoms with Gasteiger partial charge in [0.25, 0.3) is 0 Å². The van der Waals surface area contributed by atoms with Crippen molar-refractivity contribution < 1.29 is 0 Å². The molecule has 0 unspecified atom stereocenters. The van der Waals surface area contributed by atoms with Crippen LogP contribution in [0, 0.1) is 0 Å². The second-order valence-electron chi connectivity index (χ2n) is 5.51. The Kier molecular flexibility index (Phi) is 3.54. The van der Waals surface area contributed by atoms with Crippen LogP contribution in [0.4, 0.5) is 17.2 Å². The Bertz CT molecular complexity index is 607. The summed E-state index contributed by atoms with van der Waals surface area (Å²) in [6.45, 7) is 5.34. The quantitative estimate of drug-likeness (QED) is 0.891. The number of hydrogen-bond donors (Lipinski definition) is 2. The largest absolute Gasteiger partial charge is 0.385 e. The van der Waals surface area contributed by atoms with Gasteiger partial charge in [-0.2, -0.15) is 0 Å². The monoisotopic (exact) mass is 268 g/mol. The molecule has 1 aliphatic heterocycles. The van der Waals surface area contributed by atoms with Crippen LogP contribution in [0.25, 0.3) is 0 Å². The second-order valence-corrected chi connectivity index (χ2v) is 5.51. The summed E-state index contributed by atoms with van der Waals surface area (Å²) in [5, 5.41) is 6.79. The van der Waals surface area contributed by atoms with Gasteiger partial charge >= 0.3 is 0 Å². The summed E-state index contributed by atoms with van der Waals surface area (Å²) in [6.07, 6.45) is 3.96. The Balaban J connectivity index is 1.82. The first-order chi connectivity index (χ1) is 9.72. The van der Waals surface area contributed by atoms with E-state index in [1.807, 2.05) is 6.07 Å². The number of aryl methyl sites for hydroxylation is 1. The highest BCUT2D eigenvalue weighted by Crippen LogP contribution is 2.26. The smallest absolute Gasteiger partial charge is 0.133 e. The average molecular weight is 268 g/mol. The van der Waals surface area contributed by atoms with Crippen molar-refractivity contribution in [1.29, 1.82) is 0 Å². The van der Waals surface area contributed by atoms with Gasteiger partial charge in [0.15, 0.2) is 0 Å². The molecular formula is C16H20N4. The number of nitrogens with one attached hydrogen (secondary N) is 2. The van der Waals surface area contributed by atoms with E-state index in [-0.39, 0.29) is 0 Å². The molecule has 1 aromatic heterocycles. The molecule has 0 spiro atoms. The fourth-order valence-corrected chi connectivity index (χ4v) is 2.46. The van der Waals surface area contributed by atoms with Crippen LogP contribution >= 0.6 is 0 Å². The summed E-state index contributed by atoms with van der Waals surface area (Å²) in [6, 6.07) is 8.46. The first-order valence-electron chi connectivity index (χ1n) is 7.18. The van der Waals surface area contributed by atoms with Crippen LogP contribution in [0.2, 0.25) is 0 Å². The average Bonchev–Trinajstić information content (AvgIpc) is 2.47. The van der Waals surface area contributed by atoms with Gasteiger partial charge in [-0.05, 0) is 42.5 Å². The van der Waals surface area contributed by atoms with Crippen molar-refractivity contribution in [2.24, 2.45) is 0 Å². The standard InChI is InChI=1S/C16H20N4/c1-11(2)15-9-16(19-10-18-15)20-13-5-6-14-12(8-13)4-3-7-17-14/h5-6,8-11,17H,3-4,7H2,1-2H3,(H,18,19,20). The van der Waals surface area contributed by atoms with Gasteiger partial charge in [0.1, 0.15) is 12.1 Å². The topological polar surface area (TPSA) is 49.8 Å². The first kappa shape index (κ1) is 12.9. The van der Waals surface area contributed by atoms with E-state index in [4.69, 9.17) is 0 Å². The highest BCUT2D eigenvalue weighted by Gasteiger charge is 2.09. The molecule has 0 radical (unpaired) electrons. The summed E-state index contributed by atoms with van der Waals surface area (Å²) in [5.74, 6) is 1.26. The molecule has 0 bridgehead atoms. The molecule has 0 saturated carbocycles. The third kappa shape index (κ3) is 2.74. The molecule has 4 heteroatoms. The van der Waals surface area contributed by atoms with E-state index in [2.05, 4.69) is 52.6 Å². The van der Waals surface area contributed by atoms with Crippen LogP contribution < -0.4 is 10.6 Å². The van der Waals surface area contributed by atoms with Crippen LogP contribution in [-0.4, -0.2) is 16.5 Å². The normalized spacial score (nSPS) is 13.8. The molecule has 104 valence electrons. The lowest BCUT2D eigenvalue weighted by molar-refractivity contribution is 0.815. The van der Waals surface area contributed by atoms with E-state index in [0.717, 1.165) is 30.2 Å². The molecule has 2 aromatic rings. The second kappa shape index (κ2) is 5.49. The van der Waals surface area contributed by atoms with Crippen LogP contribution in [0.5, 0.6) is 0 Å². The summed E-state index contributed by atoms with van der Waals surface area (Å²) < 4.78 is 0. The van der Waals surface area contributed by atoms with Gasteiger partial charge in [-0.15, -0.1) is 0 Å². The Morgan fingerprint density at radius 2 is 2.10 bits per heavy atom. The molecule has 4 nitrogen and oxygen atoms in total. The van der Waals surface area contributed by atoms with Gasteiger partial charge in [0, 0.05) is 29.7 Å². The molecular weight excluding hydrogens is 248 g/mol. The molecule has 20 heavy (non-hydrogen) atoms. The minimum atomic E-state index is 0.409. The van der Waals surface area contributed by atoms with Crippen molar-refractivity contribution in [2.75, 3.05) is 17.2 Å².